The van der Waals surface area contributed by atoms with Crippen LogP contribution in [0.25, 0.3) is 0 Å². The molecular formula is C13H14N2. The fraction of sp³-hybridized carbons (Fsp3) is 0.231. The van der Waals surface area contributed by atoms with Gasteiger partial charge in [-0.15, -0.1) is 0 Å². The van der Waals surface area contributed by atoms with Gasteiger partial charge < -0.3 is 0 Å². The third kappa shape index (κ3) is 2.62. The van der Waals surface area contributed by atoms with Crippen molar-refractivity contribution in [1.82, 2.24) is 9.97 Å². The summed E-state index contributed by atoms with van der Waals surface area (Å²) >= 11 is 0. The monoisotopic (exact) mass is 198 g/mol. The largest absolute Gasteiger partial charge is 0.241 e. The standard InChI is InChI=1S/C13H14N2/c1-2-12-8-9-14-13(15-12)10-11-6-4-3-5-7-11/h3-9H,2,10H2,1H3. The lowest BCUT2D eigenvalue weighted by Gasteiger charge is -2.01. The fourth-order valence-corrected chi connectivity index (χ4v) is 1.50. The second kappa shape index (κ2) is 4.69. The van der Waals surface area contributed by atoms with E-state index in [1.54, 1.807) is 0 Å². The Balaban J connectivity index is 2.17. The lowest BCUT2D eigenvalue weighted by Crippen LogP contribution is -1.98. The molecule has 0 saturated carbocycles. The Labute approximate surface area is 90.0 Å². The summed E-state index contributed by atoms with van der Waals surface area (Å²) in [6, 6.07) is 12.3. The minimum Gasteiger partial charge on any atom is -0.241 e. The molecule has 0 unspecified atom stereocenters. The van der Waals surface area contributed by atoms with Gasteiger partial charge in [0.25, 0.3) is 0 Å². The summed E-state index contributed by atoms with van der Waals surface area (Å²) in [5.74, 6) is 0.903. The number of benzene rings is 1. The summed E-state index contributed by atoms with van der Waals surface area (Å²) in [5.41, 5.74) is 2.36. The quantitative estimate of drug-likeness (QED) is 0.757. The maximum atomic E-state index is 4.48. The Morgan fingerprint density at radius 2 is 1.87 bits per heavy atom. The van der Waals surface area contributed by atoms with Gasteiger partial charge in [0, 0.05) is 18.3 Å². The summed E-state index contributed by atoms with van der Waals surface area (Å²) in [5, 5.41) is 0. The lowest BCUT2D eigenvalue weighted by molar-refractivity contribution is 0.905. The van der Waals surface area contributed by atoms with Crippen molar-refractivity contribution in [2.45, 2.75) is 19.8 Å². The van der Waals surface area contributed by atoms with Crippen LogP contribution < -0.4 is 0 Å². The highest BCUT2D eigenvalue weighted by molar-refractivity contribution is 5.19. The molecule has 0 amide bonds. The third-order valence-corrected chi connectivity index (χ3v) is 2.33. The Bertz CT molecular complexity index is 424. The minimum absolute atomic E-state index is 0.814. The van der Waals surface area contributed by atoms with E-state index in [-0.39, 0.29) is 0 Å². The van der Waals surface area contributed by atoms with E-state index in [2.05, 4.69) is 29.0 Å². The van der Waals surface area contributed by atoms with Crippen molar-refractivity contribution < 1.29 is 0 Å². The molecule has 0 N–H and O–H groups in total. The third-order valence-electron chi connectivity index (χ3n) is 2.33. The normalized spacial score (nSPS) is 10.2. The van der Waals surface area contributed by atoms with Crippen LogP contribution in [0.1, 0.15) is 24.0 Å². The molecule has 1 heterocycles. The Morgan fingerprint density at radius 3 is 2.60 bits per heavy atom. The smallest absolute Gasteiger partial charge is 0.132 e. The van der Waals surface area contributed by atoms with E-state index < -0.39 is 0 Å². The predicted octanol–water partition coefficient (Wildman–Crippen LogP) is 2.63. The van der Waals surface area contributed by atoms with Crippen molar-refractivity contribution in [3.05, 3.63) is 59.7 Å². The molecule has 0 bridgehead atoms. The van der Waals surface area contributed by atoms with E-state index in [1.807, 2.05) is 30.5 Å². The molecule has 15 heavy (non-hydrogen) atoms. The predicted molar refractivity (Wildman–Crippen MR) is 60.7 cm³/mol. The molecule has 76 valence electrons. The minimum atomic E-state index is 0.814. The number of hydrogen-bond acceptors (Lipinski definition) is 2. The highest BCUT2D eigenvalue weighted by Gasteiger charge is 1.99. The van der Waals surface area contributed by atoms with Crippen LogP contribution in [0.2, 0.25) is 0 Å². The van der Waals surface area contributed by atoms with Crippen LogP contribution in [0.3, 0.4) is 0 Å². The molecule has 0 fully saturated rings. The van der Waals surface area contributed by atoms with Gasteiger partial charge in [-0.2, -0.15) is 0 Å². The van der Waals surface area contributed by atoms with Crippen LogP contribution in [-0.2, 0) is 12.8 Å². The van der Waals surface area contributed by atoms with Gasteiger partial charge >= 0.3 is 0 Å². The average Bonchev–Trinajstić information content (AvgIpc) is 2.31. The Hall–Kier alpha value is -1.70. The molecule has 2 heteroatoms. The van der Waals surface area contributed by atoms with Crippen LogP contribution in [0, 0.1) is 0 Å². The molecule has 2 nitrogen and oxygen atoms in total. The molecule has 0 radical (unpaired) electrons. The van der Waals surface area contributed by atoms with Crippen molar-refractivity contribution in [3.8, 4) is 0 Å². The Morgan fingerprint density at radius 1 is 1.07 bits per heavy atom. The second-order valence-electron chi connectivity index (χ2n) is 3.48. The molecule has 2 aromatic rings. The molecular weight excluding hydrogens is 184 g/mol. The van der Waals surface area contributed by atoms with E-state index in [4.69, 9.17) is 0 Å². The van der Waals surface area contributed by atoms with Crippen LogP contribution in [-0.4, -0.2) is 9.97 Å². The number of rotatable bonds is 3. The van der Waals surface area contributed by atoms with Crippen LogP contribution in [0.15, 0.2) is 42.6 Å². The number of hydrogen-bond donors (Lipinski definition) is 0. The van der Waals surface area contributed by atoms with Gasteiger partial charge in [0.05, 0.1) is 0 Å². The summed E-state index contributed by atoms with van der Waals surface area (Å²) < 4.78 is 0. The van der Waals surface area contributed by atoms with Crippen molar-refractivity contribution in [3.63, 3.8) is 0 Å². The van der Waals surface area contributed by atoms with E-state index in [1.165, 1.54) is 5.56 Å². The van der Waals surface area contributed by atoms with Crippen LogP contribution in [0.4, 0.5) is 0 Å². The van der Waals surface area contributed by atoms with Crippen molar-refractivity contribution in [2.24, 2.45) is 0 Å². The zero-order valence-corrected chi connectivity index (χ0v) is 8.85. The lowest BCUT2D eigenvalue weighted by atomic mass is 10.1. The number of aryl methyl sites for hydroxylation is 1. The highest BCUT2D eigenvalue weighted by atomic mass is 14.9. The molecule has 0 saturated heterocycles. The first-order valence-electron chi connectivity index (χ1n) is 5.23. The van der Waals surface area contributed by atoms with Gasteiger partial charge in [0.2, 0.25) is 0 Å². The summed E-state index contributed by atoms with van der Waals surface area (Å²) in [6.45, 7) is 2.11. The van der Waals surface area contributed by atoms with Gasteiger partial charge in [0.1, 0.15) is 5.82 Å². The van der Waals surface area contributed by atoms with Gasteiger partial charge in [-0.25, -0.2) is 9.97 Å². The molecule has 0 atom stereocenters. The van der Waals surface area contributed by atoms with E-state index in [0.717, 1.165) is 24.4 Å². The fourth-order valence-electron chi connectivity index (χ4n) is 1.50. The van der Waals surface area contributed by atoms with Crippen molar-refractivity contribution in [2.75, 3.05) is 0 Å². The first-order valence-corrected chi connectivity index (χ1v) is 5.23. The SMILES string of the molecule is CCc1ccnc(Cc2ccccc2)n1. The average molecular weight is 198 g/mol. The van der Waals surface area contributed by atoms with Gasteiger partial charge in [-0.1, -0.05) is 37.3 Å². The van der Waals surface area contributed by atoms with Gasteiger partial charge in [-0.05, 0) is 18.1 Å². The van der Waals surface area contributed by atoms with Crippen molar-refractivity contribution in [1.29, 1.82) is 0 Å². The summed E-state index contributed by atoms with van der Waals surface area (Å²) in [4.78, 5) is 8.75. The molecule has 1 aromatic heterocycles. The van der Waals surface area contributed by atoms with E-state index in [9.17, 15) is 0 Å². The topological polar surface area (TPSA) is 25.8 Å². The zero-order valence-electron chi connectivity index (χ0n) is 8.85. The van der Waals surface area contributed by atoms with Crippen molar-refractivity contribution >= 4 is 0 Å². The molecule has 1 aromatic carbocycles. The van der Waals surface area contributed by atoms with Gasteiger partial charge in [-0.3, -0.25) is 0 Å². The van der Waals surface area contributed by atoms with E-state index >= 15 is 0 Å². The maximum absolute atomic E-state index is 4.48. The summed E-state index contributed by atoms with van der Waals surface area (Å²) in [6.07, 6.45) is 3.61. The number of aromatic nitrogens is 2. The first kappa shape index (κ1) is 9.84. The molecule has 0 aliphatic heterocycles. The number of nitrogens with zero attached hydrogens (tertiary/aromatic N) is 2. The summed E-state index contributed by atoms with van der Waals surface area (Å²) in [7, 11) is 0. The molecule has 0 spiro atoms. The first-order chi connectivity index (χ1) is 7.38. The molecule has 0 aliphatic carbocycles. The molecule has 0 aliphatic rings. The maximum Gasteiger partial charge on any atom is 0.132 e. The molecule has 2 rings (SSSR count). The van der Waals surface area contributed by atoms with Gasteiger partial charge in [0.15, 0.2) is 0 Å². The van der Waals surface area contributed by atoms with E-state index in [0.29, 0.717) is 0 Å². The second-order valence-corrected chi connectivity index (χ2v) is 3.48. The zero-order chi connectivity index (χ0) is 10.5. The van der Waals surface area contributed by atoms with Crippen LogP contribution in [0.5, 0.6) is 0 Å². The van der Waals surface area contributed by atoms with Crippen LogP contribution >= 0.6 is 0 Å². The highest BCUT2D eigenvalue weighted by Crippen LogP contribution is 2.05. The Kier molecular flexibility index (Phi) is 3.08.